The molecule has 3 heterocycles. The smallest absolute Gasteiger partial charge is 0.486 e. The number of nitrogen functional groups attached to an aromatic ring is 1. The zero-order valence-corrected chi connectivity index (χ0v) is 17.1. The van der Waals surface area contributed by atoms with Crippen LogP contribution >= 0.6 is 0 Å². The second-order valence-corrected chi connectivity index (χ2v) is 7.19. The Morgan fingerprint density at radius 2 is 2.00 bits per heavy atom. The molecule has 4 rings (SSSR count). The molecule has 32 heavy (non-hydrogen) atoms. The van der Waals surface area contributed by atoms with Crippen molar-refractivity contribution in [2.45, 2.75) is 19.5 Å². The number of alkyl halides is 3. The lowest BCUT2D eigenvalue weighted by Gasteiger charge is -2.16. The lowest BCUT2D eigenvalue weighted by atomic mass is 10.2. The van der Waals surface area contributed by atoms with E-state index in [0.717, 1.165) is 5.69 Å². The molecule has 168 valence electrons. The minimum atomic E-state index is -4.88. The summed E-state index contributed by atoms with van der Waals surface area (Å²) in [5.41, 5.74) is 7.74. The molecule has 0 amide bonds. The first kappa shape index (κ1) is 21.4. The third-order valence-electron chi connectivity index (χ3n) is 4.36. The summed E-state index contributed by atoms with van der Waals surface area (Å²) in [4.78, 5) is 10.2. The maximum absolute atomic E-state index is 13.1. The Hall–Kier alpha value is -3.87. The van der Waals surface area contributed by atoms with Crippen LogP contribution in [0.25, 0.3) is 16.9 Å². The van der Waals surface area contributed by atoms with Gasteiger partial charge in [-0.25, -0.2) is 15.1 Å². The molecule has 0 radical (unpaired) electrons. The average Bonchev–Trinajstić information content (AvgIpc) is 3.34. The van der Waals surface area contributed by atoms with Crippen molar-refractivity contribution in [3.63, 3.8) is 0 Å². The first-order valence-electron chi connectivity index (χ1n) is 9.34. The van der Waals surface area contributed by atoms with Gasteiger partial charge in [0, 0.05) is 30.4 Å². The van der Waals surface area contributed by atoms with E-state index in [1.807, 2.05) is 19.0 Å². The van der Waals surface area contributed by atoms with Gasteiger partial charge in [0.2, 0.25) is 0 Å². The topological polar surface area (TPSA) is 120 Å². The molecule has 0 aliphatic heterocycles. The molecular weight excluding hydrogens is 429 g/mol. The fraction of sp³-hybridized carbons (Fsp3) is 0.263. The zero-order valence-electron chi connectivity index (χ0n) is 17.1. The molecule has 0 unspecified atom stereocenters. The Kier molecular flexibility index (Phi) is 5.57. The highest BCUT2D eigenvalue weighted by Crippen LogP contribution is 2.31. The highest BCUT2D eigenvalue weighted by atomic mass is 19.4. The first-order chi connectivity index (χ1) is 15.2. The number of rotatable bonds is 7. The molecule has 0 aliphatic carbocycles. The van der Waals surface area contributed by atoms with Crippen LogP contribution in [0, 0.1) is 0 Å². The van der Waals surface area contributed by atoms with Gasteiger partial charge in [-0.1, -0.05) is 5.21 Å². The van der Waals surface area contributed by atoms with Crippen molar-refractivity contribution in [1.82, 2.24) is 34.8 Å². The van der Waals surface area contributed by atoms with Gasteiger partial charge in [0.05, 0.1) is 17.7 Å². The fourth-order valence-electron chi connectivity index (χ4n) is 3.05. The number of halogens is 3. The number of H-pyrrole nitrogens is 1. The highest BCUT2D eigenvalue weighted by molar-refractivity contribution is 5.78. The van der Waals surface area contributed by atoms with Crippen molar-refractivity contribution in [2.24, 2.45) is 0 Å². The molecule has 0 saturated heterocycles. The lowest BCUT2D eigenvalue weighted by molar-refractivity contribution is -0.275. The van der Waals surface area contributed by atoms with E-state index in [1.54, 1.807) is 16.8 Å². The van der Waals surface area contributed by atoms with Gasteiger partial charge in [0.15, 0.2) is 16.9 Å². The van der Waals surface area contributed by atoms with Gasteiger partial charge < -0.3 is 24.7 Å². The first-order valence-corrected chi connectivity index (χ1v) is 9.34. The summed E-state index contributed by atoms with van der Waals surface area (Å²) in [5, 5.41) is 10.1. The summed E-state index contributed by atoms with van der Waals surface area (Å²) in [7, 11) is 3.79. The quantitative estimate of drug-likeness (QED) is 0.443. The fourth-order valence-corrected chi connectivity index (χ4v) is 3.05. The minimum absolute atomic E-state index is 0.147. The number of benzene rings is 1. The van der Waals surface area contributed by atoms with Gasteiger partial charge in [-0.05, 0) is 26.2 Å². The SMILES string of the molecule is CN(C)Cc1cn(-c2ccc(COc3cc(N)nc4[nH]nnc34)c(OC(F)(F)F)c2)cn1. The Morgan fingerprint density at radius 3 is 2.75 bits per heavy atom. The van der Waals surface area contributed by atoms with Gasteiger partial charge >= 0.3 is 6.36 Å². The summed E-state index contributed by atoms with van der Waals surface area (Å²) in [6, 6.07) is 5.84. The molecule has 0 aliphatic rings. The van der Waals surface area contributed by atoms with Crippen LogP contribution in [0.5, 0.6) is 11.5 Å². The number of ether oxygens (including phenoxy) is 2. The molecule has 13 heteroatoms. The molecule has 3 N–H and O–H groups in total. The molecule has 0 saturated carbocycles. The predicted molar refractivity (Wildman–Crippen MR) is 108 cm³/mol. The summed E-state index contributed by atoms with van der Waals surface area (Å²) >= 11 is 0. The van der Waals surface area contributed by atoms with Gasteiger partial charge in [-0.3, -0.25) is 0 Å². The van der Waals surface area contributed by atoms with E-state index >= 15 is 0 Å². The number of pyridine rings is 1. The summed E-state index contributed by atoms with van der Waals surface area (Å²) in [6.45, 7) is 0.364. The van der Waals surface area contributed by atoms with Crippen LogP contribution in [0.3, 0.4) is 0 Å². The molecule has 4 aromatic rings. The largest absolute Gasteiger partial charge is 0.573 e. The zero-order chi connectivity index (χ0) is 22.9. The number of fused-ring (bicyclic) bond motifs is 1. The number of anilines is 1. The average molecular weight is 448 g/mol. The van der Waals surface area contributed by atoms with Crippen molar-refractivity contribution in [3.8, 4) is 17.2 Å². The number of hydrogen-bond donors (Lipinski definition) is 2. The molecule has 0 spiro atoms. The molecule has 3 aromatic heterocycles. The van der Waals surface area contributed by atoms with Gasteiger partial charge in [0.1, 0.15) is 18.2 Å². The van der Waals surface area contributed by atoms with Crippen molar-refractivity contribution in [3.05, 3.63) is 48.0 Å². The number of nitrogens with one attached hydrogen (secondary N) is 1. The van der Waals surface area contributed by atoms with E-state index in [9.17, 15) is 13.2 Å². The number of aromatic amines is 1. The maximum Gasteiger partial charge on any atom is 0.573 e. The van der Waals surface area contributed by atoms with Crippen LogP contribution in [-0.4, -0.2) is 55.3 Å². The third kappa shape index (κ3) is 4.88. The maximum atomic E-state index is 13.1. The van der Waals surface area contributed by atoms with Crippen LogP contribution in [0.15, 0.2) is 36.8 Å². The molecule has 0 fully saturated rings. The second-order valence-electron chi connectivity index (χ2n) is 7.19. The van der Waals surface area contributed by atoms with E-state index in [2.05, 4.69) is 30.1 Å². The number of imidazole rings is 1. The van der Waals surface area contributed by atoms with Crippen molar-refractivity contribution < 1.29 is 22.6 Å². The van der Waals surface area contributed by atoms with Crippen LogP contribution in [-0.2, 0) is 13.2 Å². The number of nitrogens with two attached hydrogens (primary N) is 1. The van der Waals surface area contributed by atoms with Crippen LogP contribution in [0.2, 0.25) is 0 Å². The van der Waals surface area contributed by atoms with Gasteiger partial charge in [0.25, 0.3) is 0 Å². The van der Waals surface area contributed by atoms with E-state index in [-0.39, 0.29) is 23.7 Å². The standard InChI is InChI=1S/C19H19F3N8O2/c1-29(2)7-12-8-30(10-24-12)13-4-3-11(14(5-13)32-19(20,21)22)9-31-15-6-16(23)25-18-17(15)26-28-27-18/h3-6,8,10H,7,9H2,1-2H3,(H3,23,25,26,27,28). The van der Waals surface area contributed by atoms with E-state index in [0.29, 0.717) is 23.4 Å². The minimum Gasteiger partial charge on any atom is -0.486 e. The van der Waals surface area contributed by atoms with Crippen molar-refractivity contribution in [2.75, 3.05) is 19.8 Å². The Morgan fingerprint density at radius 1 is 1.19 bits per heavy atom. The molecule has 1 aromatic carbocycles. The predicted octanol–water partition coefficient (Wildman–Crippen LogP) is 2.66. The Balaban J connectivity index is 1.62. The summed E-state index contributed by atoms with van der Waals surface area (Å²) < 4.78 is 50.7. The Labute approximate surface area is 179 Å². The normalized spacial score (nSPS) is 11.9. The molecule has 0 atom stereocenters. The highest BCUT2D eigenvalue weighted by Gasteiger charge is 2.32. The monoisotopic (exact) mass is 448 g/mol. The summed E-state index contributed by atoms with van der Waals surface area (Å²) in [5.74, 6) is -0.0168. The van der Waals surface area contributed by atoms with Crippen molar-refractivity contribution >= 4 is 17.0 Å². The van der Waals surface area contributed by atoms with Crippen LogP contribution in [0.4, 0.5) is 19.0 Å². The number of nitrogens with zero attached hydrogens (tertiary/aromatic N) is 6. The number of hydrogen-bond acceptors (Lipinski definition) is 8. The van der Waals surface area contributed by atoms with E-state index < -0.39 is 12.1 Å². The second kappa shape index (κ2) is 8.34. The third-order valence-corrected chi connectivity index (χ3v) is 4.36. The molecule has 0 bridgehead atoms. The van der Waals surface area contributed by atoms with E-state index in [4.69, 9.17) is 10.5 Å². The van der Waals surface area contributed by atoms with Gasteiger partial charge in [-0.2, -0.15) is 0 Å². The Bertz CT molecular complexity index is 1240. The molecule has 10 nitrogen and oxygen atoms in total. The summed E-state index contributed by atoms with van der Waals surface area (Å²) in [6.07, 6.45) is -1.61. The van der Waals surface area contributed by atoms with Crippen LogP contribution < -0.4 is 15.2 Å². The van der Waals surface area contributed by atoms with Gasteiger partial charge in [-0.15, -0.1) is 18.3 Å². The van der Waals surface area contributed by atoms with Crippen molar-refractivity contribution in [1.29, 1.82) is 0 Å². The molecular formula is C19H19F3N8O2. The number of aromatic nitrogens is 6. The van der Waals surface area contributed by atoms with E-state index in [1.165, 1.54) is 24.5 Å². The van der Waals surface area contributed by atoms with Crippen LogP contribution in [0.1, 0.15) is 11.3 Å². The lowest BCUT2D eigenvalue weighted by Crippen LogP contribution is -2.18.